The second-order valence-corrected chi connectivity index (χ2v) is 5.49. The Hall–Kier alpha value is -3.53. The Kier molecular flexibility index (Phi) is 6.57. The first kappa shape index (κ1) is 18.8. The molecule has 0 saturated heterocycles. The SMILES string of the molecule is CC=CC=CC=CC(=O)c1c(O)cc(O)cc1C=Cc1ccc(O)cc1. The second-order valence-electron chi connectivity index (χ2n) is 5.49. The monoisotopic (exact) mass is 348 g/mol. The van der Waals surface area contributed by atoms with Gasteiger partial charge in [-0.3, -0.25) is 4.79 Å². The zero-order valence-corrected chi connectivity index (χ0v) is 14.3. The molecule has 0 radical (unpaired) electrons. The number of rotatable bonds is 6. The van der Waals surface area contributed by atoms with Gasteiger partial charge in [-0.15, -0.1) is 0 Å². The molecule has 0 saturated carbocycles. The normalized spacial score (nSPS) is 12.0. The van der Waals surface area contributed by atoms with Crippen molar-refractivity contribution in [2.75, 3.05) is 0 Å². The number of carbonyl (C=O) groups excluding carboxylic acids is 1. The van der Waals surface area contributed by atoms with Crippen molar-refractivity contribution in [2.45, 2.75) is 6.92 Å². The number of carbonyl (C=O) groups is 1. The van der Waals surface area contributed by atoms with E-state index >= 15 is 0 Å². The van der Waals surface area contributed by atoms with Crippen molar-refractivity contribution in [1.82, 2.24) is 0 Å². The lowest BCUT2D eigenvalue weighted by Crippen LogP contribution is -1.98. The molecule has 4 heteroatoms. The van der Waals surface area contributed by atoms with Gasteiger partial charge in [0.2, 0.25) is 0 Å². The maximum Gasteiger partial charge on any atom is 0.190 e. The van der Waals surface area contributed by atoms with Crippen molar-refractivity contribution in [3.8, 4) is 17.2 Å². The second kappa shape index (κ2) is 9.08. The van der Waals surface area contributed by atoms with Gasteiger partial charge < -0.3 is 15.3 Å². The van der Waals surface area contributed by atoms with Crippen LogP contribution in [0, 0.1) is 0 Å². The van der Waals surface area contributed by atoms with Crippen LogP contribution in [-0.4, -0.2) is 21.1 Å². The van der Waals surface area contributed by atoms with E-state index in [0.717, 1.165) is 11.6 Å². The van der Waals surface area contributed by atoms with E-state index < -0.39 is 0 Å². The van der Waals surface area contributed by atoms with Gasteiger partial charge in [0.1, 0.15) is 17.2 Å². The van der Waals surface area contributed by atoms with Crippen molar-refractivity contribution in [3.05, 3.63) is 89.5 Å². The van der Waals surface area contributed by atoms with Crippen LogP contribution in [0.3, 0.4) is 0 Å². The summed E-state index contributed by atoms with van der Waals surface area (Å²) in [6.07, 6.45) is 13.5. The smallest absolute Gasteiger partial charge is 0.190 e. The molecule has 0 aliphatic heterocycles. The summed E-state index contributed by atoms with van der Waals surface area (Å²) < 4.78 is 0. The van der Waals surface area contributed by atoms with Crippen molar-refractivity contribution in [1.29, 1.82) is 0 Å². The van der Waals surface area contributed by atoms with Crippen LogP contribution >= 0.6 is 0 Å². The number of hydrogen-bond donors (Lipinski definition) is 3. The summed E-state index contributed by atoms with van der Waals surface area (Å²) in [5, 5.41) is 29.2. The van der Waals surface area contributed by atoms with Gasteiger partial charge in [-0.05, 0) is 42.3 Å². The van der Waals surface area contributed by atoms with E-state index in [9.17, 15) is 20.1 Å². The molecule has 0 aromatic heterocycles. The van der Waals surface area contributed by atoms with Crippen LogP contribution < -0.4 is 0 Å². The van der Waals surface area contributed by atoms with Crippen LogP contribution in [0.15, 0.2) is 72.9 Å². The molecule has 0 fully saturated rings. The third kappa shape index (κ3) is 5.24. The summed E-state index contributed by atoms with van der Waals surface area (Å²) in [7, 11) is 0. The lowest BCUT2D eigenvalue weighted by molar-refractivity contribution is 0.104. The number of phenols is 3. The lowest BCUT2D eigenvalue weighted by Gasteiger charge is -2.07. The number of allylic oxidation sites excluding steroid dienone is 6. The topological polar surface area (TPSA) is 77.8 Å². The Morgan fingerprint density at radius 3 is 2.23 bits per heavy atom. The molecular formula is C22H20O4. The quantitative estimate of drug-likeness (QED) is 0.302. The summed E-state index contributed by atoms with van der Waals surface area (Å²) in [6.45, 7) is 1.89. The zero-order valence-electron chi connectivity index (χ0n) is 14.3. The molecule has 0 heterocycles. The van der Waals surface area contributed by atoms with Crippen molar-refractivity contribution in [3.63, 3.8) is 0 Å². The number of ketones is 1. The van der Waals surface area contributed by atoms with E-state index in [1.807, 2.05) is 19.1 Å². The summed E-state index contributed by atoms with van der Waals surface area (Å²) in [4.78, 5) is 12.4. The van der Waals surface area contributed by atoms with Crippen LogP contribution in [0.5, 0.6) is 17.2 Å². The van der Waals surface area contributed by atoms with Crippen molar-refractivity contribution in [2.24, 2.45) is 0 Å². The molecule has 2 rings (SSSR count). The highest BCUT2D eigenvalue weighted by Crippen LogP contribution is 2.29. The highest BCUT2D eigenvalue weighted by Gasteiger charge is 2.14. The van der Waals surface area contributed by atoms with Crippen LogP contribution in [0.25, 0.3) is 12.2 Å². The van der Waals surface area contributed by atoms with Gasteiger partial charge >= 0.3 is 0 Å². The molecule has 0 aliphatic carbocycles. The number of phenolic OH excluding ortho intramolecular Hbond substituents is 3. The number of aromatic hydroxyl groups is 3. The van der Waals surface area contributed by atoms with Gasteiger partial charge in [-0.2, -0.15) is 0 Å². The fourth-order valence-electron chi connectivity index (χ4n) is 2.27. The van der Waals surface area contributed by atoms with Gasteiger partial charge in [0, 0.05) is 6.07 Å². The van der Waals surface area contributed by atoms with Crippen LogP contribution in [0.2, 0.25) is 0 Å². The Labute approximate surface area is 152 Å². The van der Waals surface area contributed by atoms with E-state index in [4.69, 9.17) is 0 Å². The molecule has 0 bridgehead atoms. The molecule has 132 valence electrons. The van der Waals surface area contributed by atoms with Gasteiger partial charge in [0.15, 0.2) is 5.78 Å². The van der Waals surface area contributed by atoms with E-state index in [-0.39, 0.29) is 28.6 Å². The standard InChI is InChI=1S/C22H20O4/c1-2-3-4-5-6-7-20(25)22-17(14-19(24)15-21(22)26)11-8-16-9-12-18(23)13-10-16/h2-15,23-24,26H,1H3. The predicted molar refractivity (Wildman–Crippen MR) is 104 cm³/mol. The summed E-state index contributed by atoms with van der Waals surface area (Å²) >= 11 is 0. The summed E-state index contributed by atoms with van der Waals surface area (Å²) in [6, 6.07) is 9.06. The number of hydrogen-bond acceptors (Lipinski definition) is 4. The van der Waals surface area contributed by atoms with E-state index in [2.05, 4.69) is 0 Å². The van der Waals surface area contributed by atoms with Crippen LogP contribution in [0.4, 0.5) is 0 Å². The molecule has 0 amide bonds. The fourth-order valence-corrected chi connectivity index (χ4v) is 2.27. The van der Waals surface area contributed by atoms with Crippen LogP contribution in [0.1, 0.15) is 28.4 Å². The first-order valence-electron chi connectivity index (χ1n) is 8.04. The predicted octanol–water partition coefficient (Wildman–Crippen LogP) is 4.85. The molecule has 26 heavy (non-hydrogen) atoms. The Morgan fingerprint density at radius 1 is 0.846 bits per heavy atom. The first-order valence-corrected chi connectivity index (χ1v) is 8.04. The Bertz CT molecular complexity index is 885. The molecule has 0 atom stereocenters. The minimum absolute atomic E-state index is 0.105. The largest absolute Gasteiger partial charge is 0.508 e. The molecule has 3 N–H and O–H groups in total. The van der Waals surface area contributed by atoms with Crippen molar-refractivity contribution < 1.29 is 20.1 Å². The van der Waals surface area contributed by atoms with Gasteiger partial charge in [-0.1, -0.05) is 54.7 Å². The van der Waals surface area contributed by atoms with Gasteiger partial charge in [0.25, 0.3) is 0 Å². The van der Waals surface area contributed by atoms with E-state index in [1.54, 1.807) is 54.6 Å². The molecule has 4 nitrogen and oxygen atoms in total. The third-order valence-corrected chi connectivity index (χ3v) is 3.50. The highest BCUT2D eigenvalue weighted by atomic mass is 16.3. The minimum atomic E-state index is -0.377. The highest BCUT2D eigenvalue weighted by molar-refractivity contribution is 6.09. The average Bonchev–Trinajstić information content (AvgIpc) is 2.60. The summed E-state index contributed by atoms with van der Waals surface area (Å²) in [5.74, 6) is -0.647. The Balaban J connectivity index is 2.33. The van der Waals surface area contributed by atoms with Crippen molar-refractivity contribution >= 4 is 17.9 Å². The van der Waals surface area contributed by atoms with Gasteiger partial charge in [0.05, 0.1) is 5.56 Å². The molecular weight excluding hydrogens is 328 g/mol. The third-order valence-electron chi connectivity index (χ3n) is 3.50. The number of benzene rings is 2. The zero-order chi connectivity index (χ0) is 18.9. The average molecular weight is 348 g/mol. The minimum Gasteiger partial charge on any atom is -0.508 e. The fraction of sp³-hybridized carbons (Fsp3) is 0.0455. The Morgan fingerprint density at radius 2 is 1.54 bits per heavy atom. The molecule has 2 aromatic carbocycles. The van der Waals surface area contributed by atoms with E-state index in [1.165, 1.54) is 12.1 Å². The molecule has 0 aliphatic rings. The molecule has 0 spiro atoms. The van der Waals surface area contributed by atoms with E-state index in [0.29, 0.717) is 5.56 Å². The molecule has 2 aromatic rings. The van der Waals surface area contributed by atoms with Crippen LogP contribution in [-0.2, 0) is 0 Å². The molecule has 0 unspecified atom stereocenters. The maximum atomic E-state index is 12.4. The summed E-state index contributed by atoms with van der Waals surface area (Å²) in [5.41, 5.74) is 1.30. The van der Waals surface area contributed by atoms with Gasteiger partial charge in [-0.25, -0.2) is 0 Å². The maximum absolute atomic E-state index is 12.4. The lowest BCUT2D eigenvalue weighted by atomic mass is 10.00. The first-order chi connectivity index (χ1) is 12.5.